The molecule has 0 unspecified atom stereocenters. The highest BCUT2D eigenvalue weighted by atomic mass is 16.5. The zero-order valence-corrected chi connectivity index (χ0v) is 8.44. The van der Waals surface area contributed by atoms with E-state index in [9.17, 15) is 0 Å². The van der Waals surface area contributed by atoms with Crippen molar-refractivity contribution in [2.75, 3.05) is 13.2 Å². The first-order chi connectivity index (χ1) is 6.75. The van der Waals surface area contributed by atoms with Gasteiger partial charge in [0, 0.05) is 24.6 Å². The van der Waals surface area contributed by atoms with Crippen LogP contribution >= 0.6 is 0 Å². The number of aliphatic hydroxyl groups is 1. The molecule has 0 spiro atoms. The Labute approximate surface area is 84.5 Å². The minimum Gasteiger partial charge on any atom is -0.493 e. The molecule has 0 aliphatic carbocycles. The van der Waals surface area contributed by atoms with Crippen LogP contribution in [0.3, 0.4) is 0 Å². The number of para-hydroxylation sites is 1. The minimum absolute atomic E-state index is 0.0275. The number of ether oxygens (including phenoxy) is 1. The second kappa shape index (κ2) is 5.62. The van der Waals surface area contributed by atoms with E-state index in [1.807, 2.05) is 31.2 Å². The van der Waals surface area contributed by atoms with Crippen LogP contribution in [0.4, 0.5) is 0 Å². The average Bonchev–Trinajstić information content (AvgIpc) is 2.19. The Balaban J connectivity index is 2.64. The Morgan fingerprint density at radius 1 is 1.43 bits per heavy atom. The van der Waals surface area contributed by atoms with Crippen molar-refractivity contribution in [3.8, 4) is 5.75 Å². The van der Waals surface area contributed by atoms with E-state index in [0.29, 0.717) is 13.0 Å². The molecule has 78 valence electrons. The third-order valence-corrected chi connectivity index (χ3v) is 1.97. The van der Waals surface area contributed by atoms with Crippen molar-refractivity contribution < 1.29 is 9.84 Å². The number of aliphatic hydroxyl groups excluding tert-OH is 1. The summed E-state index contributed by atoms with van der Waals surface area (Å²) in [5.74, 6) is 0.816. The lowest BCUT2D eigenvalue weighted by atomic mass is 10.1. The van der Waals surface area contributed by atoms with E-state index in [0.717, 1.165) is 11.3 Å². The summed E-state index contributed by atoms with van der Waals surface area (Å²) in [6.45, 7) is 2.61. The molecular weight excluding hydrogens is 178 g/mol. The molecule has 0 radical (unpaired) electrons. The van der Waals surface area contributed by atoms with Crippen molar-refractivity contribution in [2.45, 2.75) is 19.4 Å². The largest absolute Gasteiger partial charge is 0.493 e. The minimum atomic E-state index is -0.0275. The van der Waals surface area contributed by atoms with Crippen molar-refractivity contribution in [1.82, 2.24) is 0 Å². The van der Waals surface area contributed by atoms with Crippen molar-refractivity contribution in [2.24, 2.45) is 5.73 Å². The topological polar surface area (TPSA) is 55.5 Å². The summed E-state index contributed by atoms with van der Waals surface area (Å²) in [6.07, 6.45) is 0.646. The fourth-order valence-corrected chi connectivity index (χ4v) is 1.23. The highest BCUT2D eigenvalue weighted by molar-refractivity contribution is 5.35. The molecule has 14 heavy (non-hydrogen) atoms. The first kappa shape index (κ1) is 11.0. The molecule has 0 heterocycles. The summed E-state index contributed by atoms with van der Waals surface area (Å²) in [5, 5.41) is 8.62. The van der Waals surface area contributed by atoms with Crippen LogP contribution in [0.25, 0.3) is 0 Å². The van der Waals surface area contributed by atoms with E-state index in [-0.39, 0.29) is 12.6 Å². The van der Waals surface area contributed by atoms with Gasteiger partial charge in [0.1, 0.15) is 5.75 Å². The Kier molecular flexibility index (Phi) is 4.43. The maximum absolute atomic E-state index is 8.62. The lowest BCUT2D eigenvalue weighted by Crippen LogP contribution is -2.08. The van der Waals surface area contributed by atoms with Gasteiger partial charge in [0.05, 0.1) is 6.61 Å². The van der Waals surface area contributed by atoms with Gasteiger partial charge >= 0.3 is 0 Å². The van der Waals surface area contributed by atoms with Gasteiger partial charge in [-0.05, 0) is 13.0 Å². The van der Waals surface area contributed by atoms with Crippen LogP contribution in [0.15, 0.2) is 24.3 Å². The summed E-state index contributed by atoms with van der Waals surface area (Å²) >= 11 is 0. The van der Waals surface area contributed by atoms with Crippen LogP contribution in [0.5, 0.6) is 5.75 Å². The summed E-state index contributed by atoms with van der Waals surface area (Å²) in [7, 11) is 0. The van der Waals surface area contributed by atoms with E-state index in [1.165, 1.54) is 0 Å². The van der Waals surface area contributed by atoms with Crippen molar-refractivity contribution >= 4 is 0 Å². The van der Waals surface area contributed by atoms with Gasteiger partial charge in [-0.1, -0.05) is 18.2 Å². The predicted octanol–water partition coefficient (Wildman–Crippen LogP) is 1.47. The van der Waals surface area contributed by atoms with Crippen LogP contribution in [-0.2, 0) is 0 Å². The molecule has 1 aromatic carbocycles. The molecule has 0 amide bonds. The SMILES string of the molecule is C[C@@H](N)c1ccccc1OCCCO. The van der Waals surface area contributed by atoms with Crippen LogP contribution < -0.4 is 10.5 Å². The summed E-state index contributed by atoms with van der Waals surface area (Å²) in [4.78, 5) is 0. The molecule has 3 heteroatoms. The van der Waals surface area contributed by atoms with Gasteiger partial charge in [0.15, 0.2) is 0 Å². The number of nitrogens with two attached hydrogens (primary N) is 1. The number of rotatable bonds is 5. The maximum atomic E-state index is 8.62. The first-order valence-corrected chi connectivity index (χ1v) is 4.84. The Morgan fingerprint density at radius 3 is 2.79 bits per heavy atom. The maximum Gasteiger partial charge on any atom is 0.124 e. The van der Waals surface area contributed by atoms with Gasteiger partial charge in [-0.2, -0.15) is 0 Å². The molecule has 0 fully saturated rings. The monoisotopic (exact) mass is 195 g/mol. The highest BCUT2D eigenvalue weighted by Gasteiger charge is 2.06. The molecule has 0 bridgehead atoms. The molecule has 0 saturated heterocycles. The van der Waals surface area contributed by atoms with Gasteiger partial charge < -0.3 is 15.6 Å². The lowest BCUT2D eigenvalue weighted by molar-refractivity contribution is 0.232. The van der Waals surface area contributed by atoms with Gasteiger partial charge in [-0.15, -0.1) is 0 Å². The number of hydrogen-bond acceptors (Lipinski definition) is 3. The van der Waals surface area contributed by atoms with E-state index >= 15 is 0 Å². The lowest BCUT2D eigenvalue weighted by Gasteiger charge is -2.13. The van der Waals surface area contributed by atoms with Crippen molar-refractivity contribution in [3.05, 3.63) is 29.8 Å². The number of benzene rings is 1. The molecule has 1 aromatic rings. The van der Waals surface area contributed by atoms with E-state index in [4.69, 9.17) is 15.6 Å². The third kappa shape index (κ3) is 3.01. The van der Waals surface area contributed by atoms with Crippen LogP contribution in [0.2, 0.25) is 0 Å². The molecule has 0 saturated carbocycles. The average molecular weight is 195 g/mol. The van der Waals surface area contributed by atoms with Gasteiger partial charge in [0.2, 0.25) is 0 Å². The van der Waals surface area contributed by atoms with Crippen molar-refractivity contribution in [1.29, 1.82) is 0 Å². The van der Waals surface area contributed by atoms with E-state index in [2.05, 4.69) is 0 Å². The van der Waals surface area contributed by atoms with Gasteiger partial charge in [-0.25, -0.2) is 0 Å². The second-order valence-corrected chi connectivity index (χ2v) is 3.25. The Bertz CT molecular complexity index is 274. The molecule has 3 nitrogen and oxygen atoms in total. The van der Waals surface area contributed by atoms with Gasteiger partial charge in [0.25, 0.3) is 0 Å². The number of hydrogen-bond donors (Lipinski definition) is 2. The quantitative estimate of drug-likeness (QED) is 0.699. The fraction of sp³-hybridized carbons (Fsp3) is 0.455. The summed E-state index contributed by atoms with van der Waals surface area (Å²) in [6, 6.07) is 7.69. The van der Waals surface area contributed by atoms with Gasteiger partial charge in [-0.3, -0.25) is 0 Å². The van der Waals surface area contributed by atoms with Crippen LogP contribution in [0, 0.1) is 0 Å². The smallest absolute Gasteiger partial charge is 0.124 e. The normalized spacial score (nSPS) is 12.5. The molecule has 0 aromatic heterocycles. The molecule has 1 rings (SSSR count). The Hall–Kier alpha value is -1.06. The molecule has 0 aliphatic heterocycles. The molecule has 1 atom stereocenters. The zero-order chi connectivity index (χ0) is 10.4. The first-order valence-electron chi connectivity index (χ1n) is 4.84. The van der Waals surface area contributed by atoms with E-state index < -0.39 is 0 Å². The molecular formula is C11H17NO2. The summed E-state index contributed by atoms with van der Waals surface area (Å²) < 4.78 is 5.50. The fourth-order valence-electron chi connectivity index (χ4n) is 1.23. The second-order valence-electron chi connectivity index (χ2n) is 3.25. The predicted molar refractivity (Wildman–Crippen MR) is 56.2 cm³/mol. The zero-order valence-electron chi connectivity index (χ0n) is 8.44. The van der Waals surface area contributed by atoms with Crippen LogP contribution in [0.1, 0.15) is 24.9 Å². The molecule has 3 N–H and O–H groups in total. The summed E-state index contributed by atoms with van der Waals surface area (Å²) in [5.41, 5.74) is 6.79. The van der Waals surface area contributed by atoms with Crippen LogP contribution in [-0.4, -0.2) is 18.3 Å². The van der Waals surface area contributed by atoms with E-state index in [1.54, 1.807) is 0 Å². The standard InChI is InChI=1S/C11H17NO2/c1-9(12)10-5-2-3-6-11(10)14-8-4-7-13/h2-3,5-6,9,13H,4,7-8,12H2,1H3/t9-/m1/s1. The third-order valence-electron chi connectivity index (χ3n) is 1.97. The van der Waals surface area contributed by atoms with Crippen molar-refractivity contribution in [3.63, 3.8) is 0 Å². The highest BCUT2D eigenvalue weighted by Crippen LogP contribution is 2.23. The molecule has 0 aliphatic rings. The Morgan fingerprint density at radius 2 is 2.14 bits per heavy atom.